The molecule has 2 aliphatic heterocycles. The fraction of sp³-hybridized carbons (Fsp3) is 0.400. The molecule has 1 aromatic carbocycles. The lowest BCUT2D eigenvalue weighted by molar-refractivity contribution is -0.136. The number of carbonyl (C=O) groups is 3. The smallest absolute Gasteiger partial charge is 0.255 e. The summed E-state index contributed by atoms with van der Waals surface area (Å²) in [5, 5.41) is 5.78. The predicted molar refractivity (Wildman–Crippen MR) is 80.2 cm³/mol. The summed E-state index contributed by atoms with van der Waals surface area (Å²) in [5.41, 5.74) is 10.7. The Morgan fingerprint density at radius 3 is 2.91 bits per heavy atom. The fourth-order valence-corrected chi connectivity index (χ4v) is 3.01. The third kappa shape index (κ3) is 2.89. The molecule has 23 heavy (non-hydrogen) atoms. The molecule has 0 spiro atoms. The minimum atomic E-state index is -0.598. The van der Waals surface area contributed by atoms with Crippen LogP contribution in [0.15, 0.2) is 23.3 Å². The minimum absolute atomic E-state index is 0.184. The first-order valence-corrected chi connectivity index (χ1v) is 7.37. The Morgan fingerprint density at radius 2 is 2.17 bits per heavy atom. The first-order chi connectivity index (χ1) is 11.1. The van der Waals surface area contributed by atoms with Crippen LogP contribution in [0.2, 0.25) is 0 Å². The Bertz CT molecular complexity index is 739. The lowest BCUT2D eigenvalue weighted by atomic mass is 10.0. The summed E-state index contributed by atoms with van der Waals surface area (Å²) >= 11 is 0. The van der Waals surface area contributed by atoms with Crippen molar-refractivity contribution in [3.8, 4) is 0 Å². The van der Waals surface area contributed by atoms with Crippen LogP contribution in [0.5, 0.6) is 0 Å². The highest BCUT2D eigenvalue weighted by atomic mass is 16.2. The average molecular weight is 313 g/mol. The minimum Gasteiger partial charge on any atom is -0.322 e. The number of piperidine rings is 1. The number of azide groups is 1. The molecule has 0 aliphatic carbocycles. The zero-order valence-corrected chi connectivity index (χ0v) is 12.4. The number of hydrogen-bond acceptors (Lipinski definition) is 4. The molecule has 1 aromatic rings. The highest BCUT2D eigenvalue weighted by molar-refractivity contribution is 6.05. The molecule has 2 heterocycles. The molecule has 3 rings (SSSR count). The highest BCUT2D eigenvalue weighted by Gasteiger charge is 2.38. The number of rotatable bonds is 4. The van der Waals surface area contributed by atoms with E-state index < -0.39 is 11.9 Å². The van der Waals surface area contributed by atoms with Crippen LogP contribution in [0.3, 0.4) is 0 Å². The third-order valence-corrected chi connectivity index (χ3v) is 4.15. The SMILES string of the molecule is [N-]=[N+]=NCCc1ccc2c(c1)CN(C1CCC(=O)NC1=O)C2=O. The molecular weight excluding hydrogens is 298 g/mol. The van der Waals surface area contributed by atoms with E-state index in [0.717, 1.165) is 11.1 Å². The normalized spacial score (nSPS) is 20.1. The number of nitrogens with one attached hydrogen (secondary N) is 1. The summed E-state index contributed by atoms with van der Waals surface area (Å²) in [7, 11) is 0. The molecule has 1 fully saturated rings. The van der Waals surface area contributed by atoms with E-state index in [1.807, 2.05) is 12.1 Å². The number of nitrogens with zero attached hydrogens (tertiary/aromatic N) is 4. The van der Waals surface area contributed by atoms with Gasteiger partial charge in [-0.1, -0.05) is 17.2 Å². The van der Waals surface area contributed by atoms with Crippen molar-refractivity contribution in [2.24, 2.45) is 5.11 Å². The fourth-order valence-electron chi connectivity index (χ4n) is 3.01. The summed E-state index contributed by atoms with van der Waals surface area (Å²) in [6.07, 6.45) is 1.20. The van der Waals surface area contributed by atoms with Crippen LogP contribution in [0.4, 0.5) is 0 Å². The van der Waals surface area contributed by atoms with Crippen LogP contribution < -0.4 is 5.32 Å². The first kappa shape index (κ1) is 15.1. The van der Waals surface area contributed by atoms with Crippen molar-refractivity contribution in [3.63, 3.8) is 0 Å². The Balaban J connectivity index is 1.77. The molecule has 1 unspecified atom stereocenters. The molecule has 1 atom stereocenters. The van der Waals surface area contributed by atoms with Gasteiger partial charge in [-0.2, -0.15) is 0 Å². The van der Waals surface area contributed by atoms with E-state index in [1.54, 1.807) is 6.07 Å². The largest absolute Gasteiger partial charge is 0.322 e. The zero-order chi connectivity index (χ0) is 16.4. The number of imide groups is 1. The van der Waals surface area contributed by atoms with Gasteiger partial charge in [0.15, 0.2) is 0 Å². The number of carbonyl (C=O) groups excluding carboxylic acids is 3. The summed E-state index contributed by atoms with van der Waals surface area (Å²) in [4.78, 5) is 39.9. The summed E-state index contributed by atoms with van der Waals surface area (Å²) < 4.78 is 0. The van der Waals surface area contributed by atoms with E-state index >= 15 is 0 Å². The number of benzene rings is 1. The van der Waals surface area contributed by atoms with Crippen LogP contribution in [0.1, 0.15) is 34.3 Å². The average Bonchev–Trinajstić information content (AvgIpc) is 2.84. The Labute approximate surface area is 132 Å². The number of amides is 3. The molecule has 3 amide bonds. The van der Waals surface area contributed by atoms with Crippen molar-refractivity contribution >= 4 is 17.7 Å². The third-order valence-electron chi connectivity index (χ3n) is 4.15. The van der Waals surface area contributed by atoms with Crippen molar-refractivity contribution in [2.75, 3.05) is 6.54 Å². The molecular formula is C15H15N5O3. The van der Waals surface area contributed by atoms with E-state index in [-0.39, 0.29) is 18.2 Å². The van der Waals surface area contributed by atoms with Gasteiger partial charge in [-0.15, -0.1) is 0 Å². The maximum absolute atomic E-state index is 12.5. The molecule has 2 aliphatic rings. The van der Waals surface area contributed by atoms with Crippen LogP contribution in [-0.4, -0.2) is 35.2 Å². The second-order valence-electron chi connectivity index (χ2n) is 5.60. The van der Waals surface area contributed by atoms with Gasteiger partial charge in [-0.3, -0.25) is 19.7 Å². The van der Waals surface area contributed by atoms with Gasteiger partial charge in [-0.05, 0) is 35.6 Å². The molecule has 0 saturated carbocycles. The second kappa shape index (κ2) is 6.10. The van der Waals surface area contributed by atoms with Gasteiger partial charge in [-0.25, -0.2) is 0 Å². The summed E-state index contributed by atoms with van der Waals surface area (Å²) in [5.74, 6) is -0.891. The lowest BCUT2D eigenvalue weighted by Crippen LogP contribution is -2.52. The molecule has 1 saturated heterocycles. The summed E-state index contributed by atoms with van der Waals surface area (Å²) in [6, 6.07) is 4.89. The maximum atomic E-state index is 12.5. The van der Waals surface area contributed by atoms with Crippen molar-refractivity contribution in [2.45, 2.75) is 31.8 Å². The second-order valence-corrected chi connectivity index (χ2v) is 5.60. The number of hydrogen-bond donors (Lipinski definition) is 1. The molecule has 8 nitrogen and oxygen atoms in total. The predicted octanol–water partition coefficient (Wildman–Crippen LogP) is 1.30. The van der Waals surface area contributed by atoms with Gasteiger partial charge in [0.25, 0.3) is 5.91 Å². The Morgan fingerprint density at radius 1 is 1.35 bits per heavy atom. The molecule has 118 valence electrons. The van der Waals surface area contributed by atoms with E-state index in [1.165, 1.54) is 4.90 Å². The maximum Gasteiger partial charge on any atom is 0.255 e. The standard InChI is InChI=1S/C15H15N5O3/c16-19-17-6-5-9-1-2-11-10(7-9)8-20(15(11)23)12-3-4-13(21)18-14(12)22/h1-2,7,12H,3-6,8H2,(H,18,21,22). The van der Waals surface area contributed by atoms with Crippen LogP contribution >= 0.6 is 0 Å². The van der Waals surface area contributed by atoms with Crippen LogP contribution in [-0.2, 0) is 22.6 Å². The van der Waals surface area contributed by atoms with Gasteiger partial charge in [0, 0.05) is 30.0 Å². The Hall–Kier alpha value is -2.86. The van der Waals surface area contributed by atoms with Crippen molar-refractivity contribution in [3.05, 3.63) is 45.3 Å². The van der Waals surface area contributed by atoms with Crippen LogP contribution in [0, 0.1) is 0 Å². The van der Waals surface area contributed by atoms with Crippen molar-refractivity contribution < 1.29 is 14.4 Å². The van der Waals surface area contributed by atoms with Gasteiger partial charge in [0.05, 0.1) is 0 Å². The van der Waals surface area contributed by atoms with Crippen molar-refractivity contribution in [1.29, 1.82) is 0 Å². The molecule has 0 bridgehead atoms. The Kier molecular flexibility index (Phi) is 3.99. The topological polar surface area (TPSA) is 115 Å². The molecule has 8 heteroatoms. The van der Waals surface area contributed by atoms with E-state index in [2.05, 4.69) is 15.3 Å². The quantitative estimate of drug-likeness (QED) is 0.391. The van der Waals surface area contributed by atoms with E-state index in [4.69, 9.17) is 5.53 Å². The van der Waals surface area contributed by atoms with Crippen molar-refractivity contribution in [1.82, 2.24) is 10.2 Å². The van der Waals surface area contributed by atoms with Gasteiger partial charge >= 0.3 is 0 Å². The van der Waals surface area contributed by atoms with E-state index in [0.29, 0.717) is 31.5 Å². The van der Waals surface area contributed by atoms with Gasteiger partial charge in [0.2, 0.25) is 11.8 Å². The molecule has 0 aromatic heterocycles. The zero-order valence-electron chi connectivity index (χ0n) is 12.4. The lowest BCUT2D eigenvalue weighted by Gasteiger charge is -2.29. The highest BCUT2D eigenvalue weighted by Crippen LogP contribution is 2.28. The monoisotopic (exact) mass is 313 g/mol. The van der Waals surface area contributed by atoms with Gasteiger partial charge in [0.1, 0.15) is 6.04 Å². The molecule has 0 radical (unpaired) electrons. The first-order valence-electron chi connectivity index (χ1n) is 7.37. The van der Waals surface area contributed by atoms with E-state index in [9.17, 15) is 14.4 Å². The summed E-state index contributed by atoms with van der Waals surface area (Å²) in [6.45, 7) is 0.718. The van der Waals surface area contributed by atoms with Gasteiger partial charge < -0.3 is 4.90 Å². The molecule has 1 N–H and O–H groups in total. The van der Waals surface area contributed by atoms with Crippen LogP contribution in [0.25, 0.3) is 10.4 Å². The number of fused-ring (bicyclic) bond motifs is 1.